The van der Waals surface area contributed by atoms with E-state index in [1.54, 1.807) is 19.0 Å². The normalized spacial score (nSPS) is 23.1. The summed E-state index contributed by atoms with van der Waals surface area (Å²) in [6, 6.07) is 0.870. The molecule has 1 fully saturated rings. The molecule has 1 amide bonds. The van der Waals surface area contributed by atoms with Crippen LogP contribution in [0.2, 0.25) is 0 Å². The number of amides is 1. The molecule has 0 bridgehead atoms. The van der Waals surface area contributed by atoms with Crippen LogP contribution in [0.3, 0.4) is 0 Å². The molecule has 112 valence electrons. The van der Waals surface area contributed by atoms with Crippen molar-refractivity contribution in [1.82, 2.24) is 15.5 Å². The predicted molar refractivity (Wildman–Crippen MR) is 90.0 cm³/mol. The zero-order valence-corrected chi connectivity index (χ0v) is 14.9. The van der Waals surface area contributed by atoms with E-state index in [0.29, 0.717) is 18.0 Å². The smallest absolute Gasteiger partial charge is 0.243 e. The molecule has 19 heavy (non-hydrogen) atoms. The molecular formula is C13H27IN4O. The van der Waals surface area contributed by atoms with Crippen molar-refractivity contribution in [1.29, 1.82) is 0 Å². The number of carbonyl (C=O) groups is 1. The Kier molecular flexibility index (Phi) is 8.36. The minimum atomic E-state index is 0. The van der Waals surface area contributed by atoms with E-state index in [1.165, 1.54) is 6.42 Å². The molecule has 0 spiro atoms. The monoisotopic (exact) mass is 382 g/mol. The Morgan fingerprint density at radius 2 is 2.05 bits per heavy atom. The molecule has 6 heteroatoms. The van der Waals surface area contributed by atoms with Crippen LogP contribution in [0.1, 0.15) is 33.6 Å². The Morgan fingerprint density at radius 1 is 1.47 bits per heavy atom. The Labute approximate surface area is 133 Å². The molecule has 0 aromatic rings. The highest BCUT2D eigenvalue weighted by Crippen LogP contribution is 2.28. The fourth-order valence-corrected chi connectivity index (χ4v) is 1.46. The topological polar surface area (TPSA) is 56.7 Å². The van der Waals surface area contributed by atoms with Gasteiger partial charge in [0.1, 0.15) is 6.54 Å². The number of halogens is 1. The maximum Gasteiger partial charge on any atom is 0.243 e. The lowest BCUT2D eigenvalue weighted by molar-refractivity contribution is -0.127. The summed E-state index contributed by atoms with van der Waals surface area (Å²) in [7, 11) is 3.49. The van der Waals surface area contributed by atoms with Gasteiger partial charge in [0.05, 0.1) is 0 Å². The summed E-state index contributed by atoms with van der Waals surface area (Å²) in [4.78, 5) is 17.4. The number of hydrogen-bond acceptors (Lipinski definition) is 2. The second-order valence-corrected chi connectivity index (χ2v) is 5.37. The highest BCUT2D eigenvalue weighted by Gasteiger charge is 2.33. The van der Waals surface area contributed by atoms with Gasteiger partial charge in [0.15, 0.2) is 5.96 Å². The van der Waals surface area contributed by atoms with Gasteiger partial charge in [-0.05, 0) is 25.7 Å². The molecule has 3 atom stereocenters. The maximum absolute atomic E-state index is 11.5. The van der Waals surface area contributed by atoms with Gasteiger partial charge < -0.3 is 15.5 Å². The van der Waals surface area contributed by atoms with Gasteiger partial charge >= 0.3 is 0 Å². The number of nitrogens with one attached hydrogen (secondary N) is 2. The van der Waals surface area contributed by atoms with E-state index in [1.807, 2.05) is 0 Å². The number of likely N-dealkylation sites (N-methyl/N-ethyl adjacent to an activating group) is 1. The summed E-state index contributed by atoms with van der Waals surface area (Å²) in [6.07, 6.45) is 2.21. The maximum atomic E-state index is 11.5. The number of hydrogen-bond donors (Lipinski definition) is 2. The van der Waals surface area contributed by atoms with Crippen molar-refractivity contribution in [2.45, 2.75) is 45.7 Å². The molecule has 1 saturated carbocycles. The van der Waals surface area contributed by atoms with Gasteiger partial charge in [0, 0.05) is 26.2 Å². The van der Waals surface area contributed by atoms with Crippen molar-refractivity contribution in [3.63, 3.8) is 0 Å². The van der Waals surface area contributed by atoms with Gasteiger partial charge in [-0.25, -0.2) is 4.99 Å². The molecule has 5 nitrogen and oxygen atoms in total. The van der Waals surface area contributed by atoms with E-state index >= 15 is 0 Å². The van der Waals surface area contributed by atoms with Crippen LogP contribution in [0, 0.1) is 5.92 Å². The third-order valence-electron chi connectivity index (χ3n) is 3.30. The van der Waals surface area contributed by atoms with E-state index < -0.39 is 0 Å². The second kappa shape index (κ2) is 8.60. The van der Waals surface area contributed by atoms with Crippen LogP contribution in [0.25, 0.3) is 0 Å². The van der Waals surface area contributed by atoms with Crippen molar-refractivity contribution >= 4 is 35.8 Å². The molecule has 3 unspecified atom stereocenters. The molecule has 2 N–H and O–H groups in total. The molecule has 1 rings (SSSR count). The van der Waals surface area contributed by atoms with Crippen molar-refractivity contribution < 1.29 is 4.79 Å². The lowest BCUT2D eigenvalue weighted by atomic mass is 10.3. The highest BCUT2D eigenvalue weighted by atomic mass is 127. The Morgan fingerprint density at radius 3 is 2.47 bits per heavy atom. The molecule has 0 aliphatic heterocycles. The number of carbonyl (C=O) groups excluding carboxylic acids is 1. The van der Waals surface area contributed by atoms with Crippen molar-refractivity contribution in [3.8, 4) is 0 Å². The standard InChI is InChI=1S/C13H26N4O.HI/c1-6-10(3)15-13(16-11-7-9(11)2)14-8-12(18)17(4)5;/h9-11H,6-8H2,1-5H3,(H2,14,15,16);1H. The minimum absolute atomic E-state index is 0. The van der Waals surface area contributed by atoms with Crippen molar-refractivity contribution in [3.05, 3.63) is 0 Å². The first kappa shape index (κ1) is 18.5. The Hall–Kier alpha value is -0.530. The summed E-state index contributed by atoms with van der Waals surface area (Å²) in [6.45, 7) is 6.64. The molecule has 0 radical (unpaired) electrons. The van der Waals surface area contributed by atoms with Crippen LogP contribution in [-0.4, -0.2) is 49.5 Å². The van der Waals surface area contributed by atoms with Gasteiger partial charge in [-0.3, -0.25) is 4.79 Å². The first-order chi connectivity index (χ1) is 8.43. The van der Waals surface area contributed by atoms with E-state index in [9.17, 15) is 4.79 Å². The lowest BCUT2D eigenvalue weighted by Crippen LogP contribution is -2.44. The summed E-state index contributed by atoms with van der Waals surface area (Å²) in [5.41, 5.74) is 0. The van der Waals surface area contributed by atoms with Crippen LogP contribution in [0.4, 0.5) is 0 Å². The SMILES string of the molecule is CCC(C)NC(=NCC(=O)N(C)C)NC1CC1C.I. The van der Waals surface area contributed by atoms with Gasteiger partial charge in [-0.1, -0.05) is 13.8 Å². The van der Waals surface area contributed by atoms with Gasteiger partial charge in [-0.15, -0.1) is 24.0 Å². The zero-order valence-electron chi connectivity index (χ0n) is 12.6. The number of aliphatic imine (C=N–C) groups is 1. The first-order valence-electron chi connectivity index (χ1n) is 6.71. The van der Waals surface area contributed by atoms with Gasteiger partial charge in [-0.2, -0.15) is 0 Å². The third-order valence-corrected chi connectivity index (χ3v) is 3.30. The number of guanidine groups is 1. The van der Waals surface area contributed by atoms with Crippen molar-refractivity contribution in [2.75, 3.05) is 20.6 Å². The van der Waals surface area contributed by atoms with Crippen LogP contribution in [-0.2, 0) is 4.79 Å². The van der Waals surface area contributed by atoms with E-state index in [4.69, 9.17) is 0 Å². The lowest BCUT2D eigenvalue weighted by Gasteiger charge is -2.17. The van der Waals surface area contributed by atoms with Gasteiger partial charge in [0.25, 0.3) is 0 Å². The molecule has 1 aliphatic carbocycles. The Bertz CT molecular complexity index is 312. The van der Waals surface area contributed by atoms with E-state index in [-0.39, 0.29) is 36.4 Å². The molecule has 0 aromatic heterocycles. The summed E-state index contributed by atoms with van der Waals surface area (Å²) in [5.74, 6) is 1.48. The van der Waals surface area contributed by atoms with Crippen LogP contribution in [0.15, 0.2) is 4.99 Å². The van der Waals surface area contributed by atoms with Crippen molar-refractivity contribution in [2.24, 2.45) is 10.9 Å². The number of nitrogens with zero attached hydrogens (tertiary/aromatic N) is 2. The fraction of sp³-hybridized carbons (Fsp3) is 0.846. The highest BCUT2D eigenvalue weighted by molar-refractivity contribution is 14.0. The number of rotatable bonds is 5. The van der Waals surface area contributed by atoms with Crippen LogP contribution in [0.5, 0.6) is 0 Å². The van der Waals surface area contributed by atoms with E-state index in [0.717, 1.165) is 12.4 Å². The third kappa shape index (κ3) is 6.98. The van der Waals surface area contributed by atoms with E-state index in [2.05, 4.69) is 36.4 Å². The second-order valence-electron chi connectivity index (χ2n) is 5.37. The zero-order chi connectivity index (χ0) is 13.7. The summed E-state index contributed by atoms with van der Waals surface area (Å²) in [5, 5.41) is 6.69. The minimum Gasteiger partial charge on any atom is -0.354 e. The molecule has 0 heterocycles. The van der Waals surface area contributed by atoms with Crippen LogP contribution < -0.4 is 10.6 Å². The summed E-state index contributed by atoms with van der Waals surface area (Å²) < 4.78 is 0. The molecule has 0 saturated heterocycles. The summed E-state index contributed by atoms with van der Waals surface area (Å²) >= 11 is 0. The average Bonchev–Trinajstić information content (AvgIpc) is 3.00. The largest absolute Gasteiger partial charge is 0.354 e. The predicted octanol–water partition coefficient (Wildman–Crippen LogP) is 1.43. The first-order valence-corrected chi connectivity index (χ1v) is 6.71. The average molecular weight is 382 g/mol. The molecule has 1 aliphatic rings. The van der Waals surface area contributed by atoms with Gasteiger partial charge in [0.2, 0.25) is 5.91 Å². The Balaban J connectivity index is 0.00000324. The molecular weight excluding hydrogens is 355 g/mol. The van der Waals surface area contributed by atoms with Crippen LogP contribution >= 0.6 is 24.0 Å². The molecule has 0 aromatic carbocycles. The fourth-order valence-electron chi connectivity index (χ4n) is 1.46. The quantitative estimate of drug-likeness (QED) is 0.430.